The second-order valence-electron chi connectivity index (χ2n) is 6.18. The lowest BCUT2D eigenvalue weighted by molar-refractivity contribution is -0.145. The van der Waals surface area contributed by atoms with Crippen molar-refractivity contribution in [2.45, 2.75) is 26.7 Å². The Morgan fingerprint density at radius 1 is 1.11 bits per heavy atom. The molecule has 0 aromatic heterocycles. The zero-order valence-electron chi connectivity index (χ0n) is 15.9. The van der Waals surface area contributed by atoms with Crippen LogP contribution in [0.3, 0.4) is 0 Å². The van der Waals surface area contributed by atoms with Gasteiger partial charge in [-0.1, -0.05) is 18.7 Å². The Balaban J connectivity index is 1.78. The molecule has 0 atom stereocenters. The summed E-state index contributed by atoms with van der Waals surface area (Å²) < 4.78 is 15.5. The van der Waals surface area contributed by atoms with Gasteiger partial charge in [-0.05, 0) is 61.7 Å². The van der Waals surface area contributed by atoms with Crippen molar-refractivity contribution in [1.29, 1.82) is 5.26 Å². The van der Waals surface area contributed by atoms with Gasteiger partial charge in [-0.3, -0.25) is 4.79 Å². The number of benzene rings is 2. The Morgan fingerprint density at radius 2 is 1.79 bits per heavy atom. The predicted octanol–water partition coefficient (Wildman–Crippen LogP) is 3.86. The molecule has 0 heterocycles. The van der Waals surface area contributed by atoms with Gasteiger partial charge in [0.25, 0.3) is 0 Å². The van der Waals surface area contributed by atoms with E-state index in [4.69, 9.17) is 19.5 Å². The normalized spacial score (nSPS) is 9.89. The monoisotopic (exact) mass is 379 g/mol. The number of ether oxygens (including phenoxy) is 3. The zero-order valence-corrected chi connectivity index (χ0v) is 15.9. The van der Waals surface area contributed by atoms with E-state index < -0.39 is 5.97 Å². The van der Waals surface area contributed by atoms with Gasteiger partial charge < -0.3 is 14.2 Å². The van der Waals surface area contributed by atoms with E-state index in [1.54, 1.807) is 44.2 Å². The molecule has 0 unspecified atom stereocenters. The van der Waals surface area contributed by atoms with Crippen molar-refractivity contribution in [3.05, 3.63) is 71.3 Å². The second-order valence-corrected chi connectivity index (χ2v) is 6.18. The third kappa shape index (κ3) is 6.29. The molecular formula is C22H21NO5. The average Bonchev–Trinajstić information content (AvgIpc) is 2.67. The van der Waals surface area contributed by atoms with Crippen molar-refractivity contribution in [2.24, 2.45) is 0 Å². The van der Waals surface area contributed by atoms with Crippen molar-refractivity contribution in [1.82, 2.24) is 0 Å². The summed E-state index contributed by atoms with van der Waals surface area (Å²) in [6.45, 7) is 6.64. The molecule has 6 nitrogen and oxygen atoms in total. The SMILES string of the molecule is C=C(C)C(=O)OCOc1ccc(CCC(=O)Oc2ccc(C#N)c(C)c2)cc1. The third-order valence-corrected chi connectivity index (χ3v) is 3.86. The molecule has 0 aliphatic rings. The summed E-state index contributed by atoms with van der Waals surface area (Å²) in [5, 5.41) is 8.92. The number of carbonyl (C=O) groups excluding carboxylic acids is 2. The largest absolute Gasteiger partial charge is 0.457 e. The van der Waals surface area contributed by atoms with Crippen LogP contribution in [0.15, 0.2) is 54.6 Å². The Bertz CT molecular complexity index is 910. The van der Waals surface area contributed by atoms with E-state index in [1.807, 2.05) is 12.1 Å². The molecule has 0 bridgehead atoms. The molecule has 2 rings (SSSR count). The minimum atomic E-state index is -0.507. The van der Waals surface area contributed by atoms with Crippen LogP contribution in [0.1, 0.15) is 30.0 Å². The average molecular weight is 379 g/mol. The van der Waals surface area contributed by atoms with Crippen LogP contribution in [0, 0.1) is 18.3 Å². The van der Waals surface area contributed by atoms with Crippen LogP contribution in [0.2, 0.25) is 0 Å². The number of hydrogen-bond acceptors (Lipinski definition) is 6. The van der Waals surface area contributed by atoms with E-state index in [9.17, 15) is 9.59 Å². The van der Waals surface area contributed by atoms with Crippen LogP contribution in [0.4, 0.5) is 0 Å². The van der Waals surface area contributed by atoms with Gasteiger partial charge in [0, 0.05) is 12.0 Å². The van der Waals surface area contributed by atoms with Crippen LogP contribution in [-0.4, -0.2) is 18.7 Å². The van der Waals surface area contributed by atoms with Crippen LogP contribution in [-0.2, 0) is 20.7 Å². The van der Waals surface area contributed by atoms with Crippen LogP contribution < -0.4 is 9.47 Å². The molecule has 2 aromatic carbocycles. The topological polar surface area (TPSA) is 85.6 Å². The van der Waals surface area contributed by atoms with Crippen LogP contribution >= 0.6 is 0 Å². The standard InChI is InChI=1S/C22H21NO5/c1-15(2)22(25)27-14-26-19-8-4-17(5-9-19)6-11-21(24)28-20-10-7-18(13-23)16(3)12-20/h4-5,7-10,12H,1,6,11,14H2,2-3H3. The second kappa shape index (κ2) is 9.93. The molecule has 0 spiro atoms. The van der Waals surface area contributed by atoms with E-state index in [0.717, 1.165) is 11.1 Å². The number of esters is 2. The molecule has 0 fully saturated rings. The summed E-state index contributed by atoms with van der Waals surface area (Å²) in [4.78, 5) is 23.3. The maximum Gasteiger partial charge on any atom is 0.335 e. The maximum atomic E-state index is 12.0. The Kier molecular flexibility index (Phi) is 7.35. The summed E-state index contributed by atoms with van der Waals surface area (Å²) in [5.41, 5.74) is 2.56. The Labute approximate surface area is 164 Å². The minimum absolute atomic E-state index is 0.193. The zero-order chi connectivity index (χ0) is 20.5. The smallest absolute Gasteiger partial charge is 0.335 e. The number of rotatable bonds is 8. The molecule has 0 aliphatic heterocycles. The number of hydrogen-bond donors (Lipinski definition) is 0. The van der Waals surface area contributed by atoms with Crippen LogP contribution in [0.5, 0.6) is 11.5 Å². The first-order valence-electron chi connectivity index (χ1n) is 8.65. The third-order valence-electron chi connectivity index (χ3n) is 3.86. The number of nitriles is 1. The fourth-order valence-corrected chi connectivity index (χ4v) is 2.28. The first kappa shape index (κ1) is 20.7. The van der Waals surface area contributed by atoms with E-state index in [0.29, 0.717) is 29.1 Å². The quantitative estimate of drug-likeness (QED) is 0.300. The van der Waals surface area contributed by atoms with Crippen molar-refractivity contribution in [2.75, 3.05) is 6.79 Å². The van der Waals surface area contributed by atoms with Gasteiger partial charge in [-0.25, -0.2) is 4.79 Å². The Morgan fingerprint density at radius 3 is 2.39 bits per heavy atom. The predicted molar refractivity (Wildman–Crippen MR) is 103 cm³/mol. The molecular weight excluding hydrogens is 358 g/mol. The lowest BCUT2D eigenvalue weighted by Crippen LogP contribution is -2.10. The van der Waals surface area contributed by atoms with Crippen LogP contribution in [0.25, 0.3) is 0 Å². The van der Waals surface area contributed by atoms with Crippen molar-refractivity contribution < 1.29 is 23.8 Å². The van der Waals surface area contributed by atoms with Gasteiger partial charge in [0.15, 0.2) is 0 Å². The maximum absolute atomic E-state index is 12.0. The molecule has 0 radical (unpaired) electrons. The molecule has 2 aromatic rings. The Hall–Kier alpha value is -3.59. The van der Waals surface area contributed by atoms with E-state index in [-0.39, 0.29) is 19.2 Å². The number of carbonyl (C=O) groups is 2. The number of aryl methyl sites for hydroxylation is 2. The highest BCUT2D eigenvalue weighted by molar-refractivity contribution is 5.86. The van der Waals surface area contributed by atoms with E-state index in [1.165, 1.54) is 0 Å². The highest BCUT2D eigenvalue weighted by Gasteiger charge is 2.08. The lowest BCUT2D eigenvalue weighted by Gasteiger charge is -2.08. The van der Waals surface area contributed by atoms with E-state index in [2.05, 4.69) is 12.6 Å². The molecule has 0 saturated heterocycles. The minimum Gasteiger partial charge on any atom is -0.457 e. The summed E-state index contributed by atoms with van der Waals surface area (Å²) in [7, 11) is 0. The molecule has 0 aliphatic carbocycles. The molecule has 144 valence electrons. The van der Waals surface area contributed by atoms with Crippen molar-refractivity contribution in [3.63, 3.8) is 0 Å². The fourth-order valence-electron chi connectivity index (χ4n) is 2.28. The first-order chi connectivity index (χ1) is 13.4. The van der Waals surface area contributed by atoms with Crippen molar-refractivity contribution in [3.8, 4) is 17.6 Å². The highest BCUT2D eigenvalue weighted by Crippen LogP contribution is 2.18. The van der Waals surface area contributed by atoms with Gasteiger partial charge in [-0.15, -0.1) is 0 Å². The summed E-state index contributed by atoms with van der Waals surface area (Å²) in [5.74, 6) is 0.118. The number of nitrogens with zero attached hydrogens (tertiary/aromatic N) is 1. The molecule has 0 saturated carbocycles. The lowest BCUT2D eigenvalue weighted by atomic mass is 10.1. The molecule has 6 heteroatoms. The molecule has 0 amide bonds. The molecule has 28 heavy (non-hydrogen) atoms. The first-order valence-corrected chi connectivity index (χ1v) is 8.65. The summed E-state index contributed by atoms with van der Waals surface area (Å²) in [6.07, 6.45) is 0.731. The van der Waals surface area contributed by atoms with Gasteiger partial charge in [-0.2, -0.15) is 5.26 Å². The van der Waals surface area contributed by atoms with Crippen molar-refractivity contribution >= 4 is 11.9 Å². The van der Waals surface area contributed by atoms with Gasteiger partial charge in [0.1, 0.15) is 11.5 Å². The summed E-state index contributed by atoms with van der Waals surface area (Å²) in [6, 6.07) is 14.1. The van der Waals surface area contributed by atoms with Gasteiger partial charge in [0.05, 0.1) is 11.6 Å². The highest BCUT2D eigenvalue weighted by atomic mass is 16.7. The van der Waals surface area contributed by atoms with Gasteiger partial charge in [0.2, 0.25) is 6.79 Å². The fraction of sp³-hybridized carbons (Fsp3) is 0.227. The molecule has 0 N–H and O–H groups in total. The summed E-state index contributed by atoms with van der Waals surface area (Å²) >= 11 is 0. The van der Waals surface area contributed by atoms with Gasteiger partial charge >= 0.3 is 11.9 Å². The van der Waals surface area contributed by atoms with E-state index >= 15 is 0 Å².